The maximum atomic E-state index is 12.2. The molecule has 2 fully saturated rings. The van der Waals surface area contributed by atoms with E-state index in [1.807, 2.05) is 18.2 Å². The first-order chi connectivity index (χ1) is 11.1. The second-order valence-corrected chi connectivity index (χ2v) is 5.66. The van der Waals surface area contributed by atoms with E-state index in [0.29, 0.717) is 12.3 Å². The zero-order valence-electron chi connectivity index (χ0n) is 13.5. The van der Waals surface area contributed by atoms with E-state index in [1.54, 1.807) is 20.1 Å². The van der Waals surface area contributed by atoms with E-state index < -0.39 is 0 Å². The molecular formula is C17H21N3O3. The number of nitrogens with one attached hydrogen (secondary N) is 1. The summed E-state index contributed by atoms with van der Waals surface area (Å²) < 4.78 is 5.46. The smallest absolute Gasteiger partial charge is 0.328 e. The molecule has 122 valence electrons. The van der Waals surface area contributed by atoms with Gasteiger partial charge in [0, 0.05) is 37.0 Å². The van der Waals surface area contributed by atoms with Crippen molar-refractivity contribution in [2.45, 2.75) is 19.8 Å². The highest BCUT2D eigenvalue weighted by Crippen LogP contribution is 2.29. The highest BCUT2D eigenvalue weighted by Gasteiger charge is 2.32. The number of benzene rings is 1. The van der Waals surface area contributed by atoms with Gasteiger partial charge in [-0.15, -0.1) is 0 Å². The number of carbonyl (C=O) groups is 2. The average Bonchev–Trinajstić information content (AvgIpc) is 3.17. The Bertz CT molecular complexity index is 663. The number of anilines is 1. The highest BCUT2D eigenvalue weighted by molar-refractivity contribution is 6.14. The largest absolute Gasteiger partial charge is 0.496 e. The van der Waals surface area contributed by atoms with Gasteiger partial charge in [-0.2, -0.15) is 0 Å². The Morgan fingerprint density at radius 1 is 1.26 bits per heavy atom. The Morgan fingerprint density at radius 2 is 2.00 bits per heavy atom. The second kappa shape index (κ2) is 6.32. The molecule has 2 aliphatic rings. The summed E-state index contributed by atoms with van der Waals surface area (Å²) in [5.41, 5.74) is 2.18. The van der Waals surface area contributed by atoms with Gasteiger partial charge in [-0.3, -0.25) is 9.69 Å². The highest BCUT2D eigenvalue weighted by atomic mass is 16.5. The number of urea groups is 1. The molecule has 0 saturated carbocycles. The quantitative estimate of drug-likeness (QED) is 0.683. The minimum atomic E-state index is -0.378. The first kappa shape index (κ1) is 15.4. The minimum absolute atomic E-state index is 0.282. The van der Waals surface area contributed by atoms with E-state index >= 15 is 0 Å². The molecule has 1 N–H and O–H groups in total. The van der Waals surface area contributed by atoms with Crippen molar-refractivity contribution < 1.29 is 14.3 Å². The molecule has 0 spiro atoms. The summed E-state index contributed by atoms with van der Waals surface area (Å²) in [6.45, 7) is 4.24. The minimum Gasteiger partial charge on any atom is -0.496 e. The lowest BCUT2D eigenvalue weighted by Gasteiger charge is -2.19. The van der Waals surface area contributed by atoms with Crippen LogP contribution in [0.4, 0.5) is 10.5 Å². The Kier molecular flexibility index (Phi) is 4.23. The zero-order chi connectivity index (χ0) is 16.4. The normalized spacial score (nSPS) is 19.7. The van der Waals surface area contributed by atoms with Crippen molar-refractivity contribution in [3.05, 3.63) is 29.5 Å². The molecule has 1 aromatic rings. The van der Waals surface area contributed by atoms with Gasteiger partial charge in [0.05, 0.1) is 7.11 Å². The number of likely N-dealkylation sites (N-methyl/N-ethyl adjacent to an activating group) is 1. The molecule has 0 unspecified atom stereocenters. The summed E-state index contributed by atoms with van der Waals surface area (Å²) in [5, 5.41) is 2.61. The number of rotatable bonds is 4. The molecule has 2 aliphatic heterocycles. The van der Waals surface area contributed by atoms with Gasteiger partial charge in [-0.1, -0.05) is 0 Å². The number of methoxy groups -OCH3 is 1. The zero-order valence-corrected chi connectivity index (χ0v) is 13.5. The average molecular weight is 315 g/mol. The van der Waals surface area contributed by atoms with Gasteiger partial charge in [0.1, 0.15) is 11.4 Å². The Labute approximate surface area is 135 Å². The van der Waals surface area contributed by atoms with E-state index in [0.717, 1.165) is 24.3 Å². The van der Waals surface area contributed by atoms with Crippen LogP contribution in [0.15, 0.2) is 23.9 Å². The van der Waals surface area contributed by atoms with Gasteiger partial charge >= 0.3 is 6.03 Å². The van der Waals surface area contributed by atoms with Crippen molar-refractivity contribution >= 4 is 23.7 Å². The summed E-state index contributed by atoms with van der Waals surface area (Å²) in [4.78, 5) is 27.4. The maximum absolute atomic E-state index is 12.2. The van der Waals surface area contributed by atoms with Crippen LogP contribution in [0.2, 0.25) is 0 Å². The number of nitrogens with zero attached hydrogens (tertiary/aromatic N) is 2. The van der Waals surface area contributed by atoms with E-state index in [1.165, 1.54) is 17.7 Å². The van der Waals surface area contributed by atoms with Crippen molar-refractivity contribution in [2.24, 2.45) is 0 Å². The molecule has 0 aliphatic carbocycles. The van der Waals surface area contributed by atoms with E-state index in [4.69, 9.17) is 4.74 Å². The van der Waals surface area contributed by atoms with E-state index in [-0.39, 0.29) is 17.6 Å². The third-order valence-corrected chi connectivity index (χ3v) is 4.27. The predicted octanol–water partition coefficient (Wildman–Crippen LogP) is 2.21. The van der Waals surface area contributed by atoms with Crippen molar-refractivity contribution in [3.63, 3.8) is 0 Å². The fraction of sp³-hybridized carbons (Fsp3) is 0.412. The lowest BCUT2D eigenvalue weighted by Crippen LogP contribution is -2.30. The molecule has 2 saturated heterocycles. The SMILES string of the molecule is CCN1C(=O)NC(=Cc2ccc(N3CCCC3)cc2OC)C1=O. The summed E-state index contributed by atoms with van der Waals surface area (Å²) in [7, 11) is 1.61. The molecule has 6 nitrogen and oxygen atoms in total. The van der Waals surface area contributed by atoms with Gasteiger partial charge in [0.25, 0.3) is 5.91 Å². The van der Waals surface area contributed by atoms with Gasteiger partial charge in [-0.25, -0.2) is 4.79 Å². The van der Waals surface area contributed by atoms with Crippen LogP contribution in [0.5, 0.6) is 5.75 Å². The number of imide groups is 1. The summed E-state index contributed by atoms with van der Waals surface area (Å²) in [6.07, 6.45) is 4.09. The molecule has 2 heterocycles. The molecular weight excluding hydrogens is 294 g/mol. The third kappa shape index (κ3) is 2.88. The van der Waals surface area contributed by atoms with Crippen LogP contribution in [0.3, 0.4) is 0 Å². The van der Waals surface area contributed by atoms with Gasteiger partial charge in [0.15, 0.2) is 0 Å². The lowest BCUT2D eigenvalue weighted by atomic mass is 10.1. The van der Waals surface area contributed by atoms with Gasteiger partial charge in [0.2, 0.25) is 0 Å². The van der Waals surface area contributed by atoms with Crippen LogP contribution < -0.4 is 15.0 Å². The van der Waals surface area contributed by atoms with Gasteiger partial charge in [-0.05, 0) is 38.0 Å². The predicted molar refractivity (Wildman–Crippen MR) is 88.3 cm³/mol. The molecule has 0 bridgehead atoms. The molecule has 6 heteroatoms. The molecule has 0 aromatic heterocycles. The van der Waals surface area contributed by atoms with Crippen LogP contribution in [-0.2, 0) is 4.79 Å². The second-order valence-electron chi connectivity index (χ2n) is 5.66. The molecule has 23 heavy (non-hydrogen) atoms. The first-order valence-electron chi connectivity index (χ1n) is 7.91. The molecule has 3 rings (SSSR count). The number of hydrogen-bond acceptors (Lipinski definition) is 4. The van der Waals surface area contributed by atoms with Crippen LogP contribution in [0, 0.1) is 0 Å². The fourth-order valence-corrected chi connectivity index (χ4v) is 3.01. The van der Waals surface area contributed by atoms with Crippen LogP contribution in [0.1, 0.15) is 25.3 Å². The maximum Gasteiger partial charge on any atom is 0.328 e. The summed E-state index contributed by atoms with van der Waals surface area (Å²) >= 11 is 0. The molecule has 3 amide bonds. The Morgan fingerprint density at radius 3 is 2.61 bits per heavy atom. The van der Waals surface area contributed by atoms with Gasteiger partial charge < -0.3 is 15.0 Å². The Hall–Kier alpha value is -2.50. The van der Waals surface area contributed by atoms with Crippen molar-refractivity contribution in [2.75, 3.05) is 31.6 Å². The Balaban J connectivity index is 1.89. The topological polar surface area (TPSA) is 61.9 Å². The summed E-state index contributed by atoms with van der Waals surface area (Å²) in [6, 6.07) is 5.56. The van der Waals surface area contributed by atoms with Crippen molar-refractivity contribution in [1.29, 1.82) is 0 Å². The third-order valence-electron chi connectivity index (χ3n) is 4.27. The number of carbonyl (C=O) groups excluding carboxylic acids is 2. The van der Waals surface area contributed by atoms with Crippen molar-refractivity contribution in [3.8, 4) is 5.75 Å². The van der Waals surface area contributed by atoms with E-state index in [2.05, 4.69) is 10.2 Å². The van der Waals surface area contributed by atoms with Crippen LogP contribution in [-0.4, -0.2) is 43.6 Å². The van der Waals surface area contributed by atoms with Crippen molar-refractivity contribution in [1.82, 2.24) is 10.2 Å². The first-order valence-corrected chi connectivity index (χ1v) is 7.91. The molecule has 0 radical (unpaired) electrons. The number of ether oxygens (including phenoxy) is 1. The molecule has 0 atom stereocenters. The summed E-state index contributed by atoms with van der Waals surface area (Å²) in [5.74, 6) is 0.391. The molecule has 1 aromatic carbocycles. The van der Waals surface area contributed by atoms with Crippen LogP contribution >= 0.6 is 0 Å². The van der Waals surface area contributed by atoms with Crippen LogP contribution in [0.25, 0.3) is 6.08 Å². The lowest BCUT2D eigenvalue weighted by molar-refractivity contribution is -0.122. The monoisotopic (exact) mass is 315 g/mol. The number of amides is 3. The fourth-order valence-electron chi connectivity index (χ4n) is 3.01. The standard InChI is InChI=1S/C17H21N3O3/c1-3-20-16(21)14(18-17(20)22)10-12-6-7-13(11-15(12)23-2)19-8-4-5-9-19/h6-7,10-11H,3-5,8-9H2,1-2H3,(H,18,22). The van der Waals surface area contributed by atoms with E-state index in [9.17, 15) is 9.59 Å². The number of hydrogen-bond donors (Lipinski definition) is 1.